The SMILES string of the molecule is [C-]#[N+]c1cc(N(CCCC)CCCC)ccc1[N+](=C1C=CC(=[N+](c2ccc(N(CCCC)CCCC)cc2)c2ccc(N(CCCC)CCCC)cc2C#N)C=C1)c1ccc(N(CCCC)CCCC)cc1. The van der Waals surface area contributed by atoms with Crippen LogP contribution in [0.5, 0.6) is 0 Å². The third-order valence-corrected chi connectivity index (χ3v) is 14.0. The van der Waals surface area contributed by atoms with E-state index in [4.69, 9.17) is 6.57 Å². The zero-order chi connectivity index (χ0) is 51.5. The van der Waals surface area contributed by atoms with E-state index < -0.39 is 0 Å². The number of anilines is 4. The lowest BCUT2D eigenvalue weighted by molar-refractivity contribution is 0.678. The topological polar surface area (TPSA) is 47.1 Å². The molecule has 4 aromatic carbocycles. The van der Waals surface area contributed by atoms with Gasteiger partial charge in [-0.3, -0.25) is 0 Å². The molecular formula is C64H90N8+2. The summed E-state index contributed by atoms with van der Waals surface area (Å²) in [5, 5.41) is 11.0. The fourth-order valence-electron chi connectivity index (χ4n) is 9.49. The van der Waals surface area contributed by atoms with Gasteiger partial charge in [-0.2, -0.15) is 14.4 Å². The summed E-state index contributed by atoms with van der Waals surface area (Å²) in [6.45, 7) is 34.7. The summed E-state index contributed by atoms with van der Waals surface area (Å²) < 4.78 is 4.51. The molecule has 0 fully saturated rings. The molecule has 8 nitrogen and oxygen atoms in total. The molecule has 0 bridgehead atoms. The molecule has 0 unspecified atom stereocenters. The standard InChI is InChI=1S/C64H90N8/c1-10-18-42-67(43-19-11-2)54-26-30-56(31-27-54)71(63-40-38-60(50-53(63)52-65)69(46-22-14-5)47-23-15-6)57-34-36-59(37-35-57)72(58-32-28-55(29-33-58)68(44-20-12-3)45-21-13-4)64-41-39-61(51-62(64)66-9)70(48-24-16-7)49-25-17-8/h26-41,50-51H,10-25,42-49H2,1-8H3/q+2. The molecular weight excluding hydrogens is 881 g/mol. The van der Waals surface area contributed by atoms with E-state index >= 15 is 0 Å². The lowest BCUT2D eigenvalue weighted by Crippen LogP contribution is -2.26. The average molecular weight is 971 g/mol. The van der Waals surface area contributed by atoms with Crippen molar-refractivity contribution in [3.8, 4) is 6.07 Å². The number of benzene rings is 4. The normalized spacial score (nSPS) is 11.9. The Morgan fingerprint density at radius 1 is 0.403 bits per heavy atom. The van der Waals surface area contributed by atoms with Gasteiger partial charge in [-0.1, -0.05) is 107 Å². The van der Waals surface area contributed by atoms with Gasteiger partial charge in [0, 0.05) is 136 Å². The molecule has 0 saturated heterocycles. The zero-order valence-corrected chi connectivity index (χ0v) is 45.9. The predicted molar refractivity (Wildman–Crippen MR) is 316 cm³/mol. The van der Waals surface area contributed by atoms with Crippen molar-refractivity contribution in [2.24, 2.45) is 0 Å². The summed E-state index contributed by atoms with van der Waals surface area (Å²) in [5.74, 6) is 0. The second-order valence-corrected chi connectivity index (χ2v) is 19.6. The lowest BCUT2D eigenvalue weighted by atomic mass is 10.1. The molecule has 1 aliphatic rings. The summed E-state index contributed by atoms with van der Waals surface area (Å²) >= 11 is 0. The van der Waals surface area contributed by atoms with Gasteiger partial charge in [0.05, 0.1) is 6.57 Å². The molecule has 0 heterocycles. The van der Waals surface area contributed by atoms with Crippen molar-refractivity contribution in [3.63, 3.8) is 0 Å². The molecule has 0 N–H and O–H groups in total. The number of rotatable bonds is 32. The molecule has 72 heavy (non-hydrogen) atoms. The number of allylic oxidation sites excluding steroid dienone is 4. The molecule has 0 aliphatic heterocycles. The zero-order valence-electron chi connectivity index (χ0n) is 45.9. The molecule has 384 valence electrons. The molecule has 0 radical (unpaired) electrons. The van der Waals surface area contributed by atoms with Crippen molar-refractivity contribution >= 4 is 62.6 Å². The molecule has 0 spiro atoms. The molecule has 5 rings (SSSR count). The molecule has 0 amide bonds. The van der Waals surface area contributed by atoms with E-state index in [1.165, 1.54) is 11.4 Å². The van der Waals surface area contributed by atoms with Crippen molar-refractivity contribution in [1.82, 2.24) is 9.15 Å². The third-order valence-electron chi connectivity index (χ3n) is 14.0. The number of unbranched alkanes of at least 4 members (excludes halogenated alkanes) is 8. The van der Waals surface area contributed by atoms with Crippen molar-refractivity contribution in [3.05, 3.63) is 126 Å². The minimum atomic E-state index is 0.630. The van der Waals surface area contributed by atoms with Crippen LogP contribution in [0.2, 0.25) is 0 Å². The first kappa shape index (κ1) is 56.8. The Morgan fingerprint density at radius 3 is 1.01 bits per heavy atom. The van der Waals surface area contributed by atoms with Gasteiger partial charge in [0.2, 0.25) is 34.2 Å². The highest BCUT2D eigenvalue weighted by Crippen LogP contribution is 2.37. The van der Waals surface area contributed by atoms with Crippen LogP contribution in [0, 0.1) is 17.9 Å². The molecule has 0 atom stereocenters. The summed E-state index contributed by atoms with van der Waals surface area (Å²) in [7, 11) is 0. The Balaban J connectivity index is 1.73. The Hall–Kier alpha value is -6.12. The van der Waals surface area contributed by atoms with Gasteiger partial charge >= 0.3 is 0 Å². The summed E-state index contributed by atoms with van der Waals surface area (Å²) in [5.41, 5.74) is 11.6. The molecule has 0 saturated carbocycles. The van der Waals surface area contributed by atoms with E-state index in [1.807, 2.05) is 0 Å². The average Bonchev–Trinajstić information content (AvgIpc) is 3.42. The fraction of sp³-hybridized carbons (Fsp3) is 0.500. The van der Waals surface area contributed by atoms with Crippen LogP contribution in [0.4, 0.5) is 51.2 Å². The largest absolute Gasteiger partial charge is 0.373 e. The maximum absolute atomic E-state index is 11.0. The number of nitrogens with zero attached hydrogens (tertiary/aromatic N) is 8. The van der Waals surface area contributed by atoms with Crippen LogP contribution in [0.25, 0.3) is 4.85 Å². The van der Waals surface area contributed by atoms with Gasteiger partial charge in [-0.25, -0.2) is 4.85 Å². The second-order valence-electron chi connectivity index (χ2n) is 19.6. The molecule has 0 aromatic heterocycles. The first-order valence-corrected chi connectivity index (χ1v) is 28.3. The van der Waals surface area contributed by atoms with Crippen molar-refractivity contribution in [2.45, 2.75) is 158 Å². The maximum Gasteiger partial charge on any atom is 0.259 e. The predicted octanol–water partition coefficient (Wildman–Crippen LogP) is 17.1. The Morgan fingerprint density at radius 2 is 0.694 bits per heavy atom. The second kappa shape index (κ2) is 31.4. The Bertz CT molecular complexity index is 2240. The van der Waals surface area contributed by atoms with E-state index in [2.05, 4.69) is 204 Å². The maximum atomic E-state index is 11.0. The highest BCUT2D eigenvalue weighted by atomic mass is 15.1. The van der Waals surface area contributed by atoms with Crippen LogP contribution in [0.15, 0.2) is 109 Å². The molecule has 8 heteroatoms. The van der Waals surface area contributed by atoms with E-state index in [-0.39, 0.29) is 0 Å². The van der Waals surface area contributed by atoms with Crippen LogP contribution >= 0.6 is 0 Å². The van der Waals surface area contributed by atoms with E-state index in [9.17, 15) is 5.26 Å². The molecule has 4 aromatic rings. The van der Waals surface area contributed by atoms with Crippen molar-refractivity contribution in [1.29, 1.82) is 5.26 Å². The van der Waals surface area contributed by atoms with Crippen LogP contribution in [-0.2, 0) is 0 Å². The van der Waals surface area contributed by atoms with Crippen LogP contribution in [0.3, 0.4) is 0 Å². The monoisotopic (exact) mass is 971 g/mol. The number of nitriles is 1. The summed E-state index contributed by atoms with van der Waals surface area (Å²) in [6, 6.07) is 33.6. The highest BCUT2D eigenvalue weighted by molar-refractivity contribution is 6.21. The smallest absolute Gasteiger partial charge is 0.259 e. The van der Waals surface area contributed by atoms with E-state index in [1.54, 1.807) is 0 Å². The Labute approximate surface area is 437 Å². The van der Waals surface area contributed by atoms with Gasteiger partial charge in [-0.05, 0) is 99.9 Å². The Kier molecular flexibility index (Phi) is 24.7. The first-order valence-electron chi connectivity index (χ1n) is 28.3. The minimum Gasteiger partial charge on any atom is -0.373 e. The highest BCUT2D eigenvalue weighted by Gasteiger charge is 2.29. The molecule has 1 aliphatic carbocycles. The van der Waals surface area contributed by atoms with Crippen LogP contribution < -0.4 is 28.8 Å². The van der Waals surface area contributed by atoms with E-state index in [0.29, 0.717) is 11.3 Å². The van der Waals surface area contributed by atoms with Gasteiger partial charge in [0.25, 0.3) is 5.69 Å². The summed E-state index contributed by atoms with van der Waals surface area (Å²) in [4.78, 5) is 14.2. The van der Waals surface area contributed by atoms with Gasteiger partial charge < -0.3 is 19.6 Å². The van der Waals surface area contributed by atoms with Crippen molar-refractivity contribution < 1.29 is 0 Å². The van der Waals surface area contributed by atoms with Crippen molar-refractivity contribution in [2.75, 3.05) is 72.0 Å². The number of hydrogen-bond acceptors (Lipinski definition) is 5. The van der Waals surface area contributed by atoms with Crippen LogP contribution in [0.1, 0.15) is 164 Å². The van der Waals surface area contributed by atoms with Gasteiger partial charge in [0.1, 0.15) is 11.6 Å². The third kappa shape index (κ3) is 15.9. The van der Waals surface area contributed by atoms with Crippen LogP contribution in [-0.4, -0.2) is 63.8 Å². The lowest BCUT2D eigenvalue weighted by Gasteiger charge is -2.25. The first-order chi connectivity index (χ1) is 35.3. The minimum absolute atomic E-state index is 0.630. The van der Waals surface area contributed by atoms with Gasteiger partial charge in [0.15, 0.2) is 0 Å². The quantitative estimate of drug-likeness (QED) is 0.0277. The van der Waals surface area contributed by atoms with E-state index in [0.717, 1.165) is 201 Å². The summed E-state index contributed by atoms with van der Waals surface area (Å²) in [6.07, 6.45) is 27.0. The van der Waals surface area contributed by atoms with Gasteiger partial charge in [-0.15, -0.1) is 0 Å². The fourth-order valence-corrected chi connectivity index (χ4v) is 9.49. The number of hydrogen-bond donors (Lipinski definition) is 0.